The first kappa shape index (κ1) is 24.5. The molecular formula is C22H21BrN6O5S. The van der Waals surface area contributed by atoms with E-state index in [4.69, 9.17) is 9.47 Å². The zero-order valence-corrected chi connectivity index (χ0v) is 21.7. The average molecular weight is 561 g/mol. The summed E-state index contributed by atoms with van der Waals surface area (Å²) in [6, 6.07) is 3.27. The van der Waals surface area contributed by atoms with Crippen molar-refractivity contribution in [2.45, 2.75) is 27.3 Å². The number of nitrogens with zero attached hydrogens (tertiary/aromatic N) is 5. The van der Waals surface area contributed by atoms with Gasteiger partial charge in [-0.3, -0.25) is 9.48 Å². The molecule has 0 saturated carbocycles. The lowest BCUT2D eigenvalue weighted by molar-refractivity contribution is 0.0531. The van der Waals surface area contributed by atoms with Gasteiger partial charge < -0.3 is 14.8 Å². The van der Waals surface area contributed by atoms with Gasteiger partial charge in [0.1, 0.15) is 15.6 Å². The van der Waals surface area contributed by atoms with Gasteiger partial charge in [-0.1, -0.05) is 0 Å². The zero-order valence-electron chi connectivity index (χ0n) is 19.3. The number of fused-ring (bicyclic) bond motifs is 1. The highest BCUT2D eigenvalue weighted by Crippen LogP contribution is 2.34. The van der Waals surface area contributed by atoms with Gasteiger partial charge in [0.25, 0.3) is 5.91 Å². The van der Waals surface area contributed by atoms with Crippen LogP contribution in [0.5, 0.6) is 0 Å². The highest BCUT2D eigenvalue weighted by atomic mass is 79.9. The Morgan fingerprint density at radius 1 is 1.20 bits per heavy atom. The lowest BCUT2D eigenvalue weighted by Crippen LogP contribution is -2.15. The molecule has 4 rings (SSSR count). The van der Waals surface area contributed by atoms with E-state index in [9.17, 15) is 14.4 Å². The Morgan fingerprint density at radius 3 is 2.63 bits per heavy atom. The van der Waals surface area contributed by atoms with E-state index in [-0.39, 0.29) is 27.7 Å². The summed E-state index contributed by atoms with van der Waals surface area (Å²) in [6.07, 6.45) is 3.46. The van der Waals surface area contributed by atoms with E-state index in [1.54, 1.807) is 30.8 Å². The molecule has 35 heavy (non-hydrogen) atoms. The second kappa shape index (κ2) is 9.96. The van der Waals surface area contributed by atoms with Crippen LogP contribution >= 0.6 is 27.3 Å². The highest BCUT2D eigenvalue weighted by Gasteiger charge is 2.28. The molecule has 0 fully saturated rings. The maximum Gasteiger partial charge on any atom is 0.348 e. The van der Waals surface area contributed by atoms with Crippen molar-refractivity contribution in [1.29, 1.82) is 0 Å². The molecule has 4 heterocycles. The summed E-state index contributed by atoms with van der Waals surface area (Å²) in [5.41, 5.74) is 2.25. The first-order valence-electron chi connectivity index (χ1n) is 10.6. The van der Waals surface area contributed by atoms with Crippen LogP contribution in [-0.2, 0) is 16.0 Å². The first-order chi connectivity index (χ1) is 16.8. The van der Waals surface area contributed by atoms with Crippen LogP contribution in [0, 0.1) is 6.92 Å². The Kier molecular flexibility index (Phi) is 6.98. The molecule has 13 heteroatoms. The van der Waals surface area contributed by atoms with Crippen molar-refractivity contribution in [3.63, 3.8) is 0 Å². The molecule has 1 N–H and O–H groups in total. The van der Waals surface area contributed by atoms with Crippen molar-refractivity contribution in [2.24, 2.45) is 0 Å². The predicted molar refractivity (Wildman–Crippen MR) is 132 cm³/mol. The van der Waals surface area contributed by atoms with Gasteiger partial charge >= 0.3 is 11.9 Å². The normalized spacial score (nSPS) is 11.0. The maximum absolute atomic E-state index is 13.1. The lowest BCUT2D eigenvalue weighted by atomic mass is 10.1. The Hall–Kier alpha value is -3.58. The summed E-state index contributed by atoms with van der Waals surface area (Å²) >= 11 is 4.45. The van der Waals surface area contributed by atoms with Gasteiger partial charge in [0.15, 0.2) is 11.3 Å². The average Bonchev–Trinajstić information content (AvgIpc) is 3.53. The second-order valence-corrected chi connectivity index (χ2v) is 9.11. The number of hydrogen-bond donors (Lipinski definition) is 1. The third-order valence-electron chi connectivity index (χ3n) is 5.10. The van der Waals surface area contributed by atoms with Gasteiger partial charge in [-0.25, -0.2) is 19.1 Å². The summed E-state index contributed by atoms with van der Waals surface area (Å²) in [7, 11) is 1.22. The molecule has 0 aliphatic carbocycles. The van der Waals surface area contributed by atoms with Crippen LogP contribution < -0.4 is 5.32 Å². The fourth-order valence-electron chi connectivity index (χ4n) is 3.43. The summed E-state index contributed by atoms with van der Waals surface area (Å²) in [5, 5.41) is 11.8. The second-order valence-electron chi connectivity index (χ2n) is 7.24. The number of nitrogens with one attached hydrogen (secondary N) is 1. The molecule has 0 aromatic carbocycles. The standard InChI is InChI=1S/C22H21BrN6O5S/c1-5-28-10-12(23)17(27-28)14-7-8-24-15-9-13(26-29(14)15)19(30)25-20-16(21(31)33-4)11(3)18(35-20)22(32)34-6-2/h7-10H,5-6H2,1-4H3,(H,25,30). The number of amides is 1. The minimum absolute atomic E-state index is 0.0653. The molecule has 0 unspecified atom stereocenters. The summed E-state index contributed by atoms with van der Waals surface area (Å²) in [4.78, 5) is 42.4. The smallest absolute Gasteiger partial charge is 0.348 e. The van der Waals surface area contributed by atoms with Gasteiger partial charge in [0.05, 0.1) is 29.4 Å². The molecule has 4 aromatic heterocycles. The van der Waals surface area contributed by atoms with Crippen molar-refractivity contribution in [1.82, 2.24) is 24.4 Å². The van der Waals surface area contributed by atoms with E-state index in [1.807, 2.05) is 13.1 Å². The minimum atomic E-state index is -0.681. The van der Waals surface area contributed by atoms with Gasteiger partial charge in [0, 0.05) is 25.0 Å². The van der Waals surface area contributed by atoms with Crippen LogP contribution in [0.1, 0.15) is 49.9 Å². The Morgan fingerprint density at radius 2 is 1.97 bits per heavy atom. The van der Waals surface area contributed by atoms with E-state index >= 15 is 0 Å². The molecule has 0 aliphatic rings. The molecular weight excluding hydrogens is 540 g/mol. The molecule has 0 aliphatic heterocycles. The molecule has 0 bridgehead atoms. The highest BCUT2D eigenvalue weighted by molar-refractivity contribution is 9.10. The molecule has 11 nitrogen and oxygen atoms in total. The molecule has 0 atom stereocenters. The number of hydrogen-bond acceptors (Lipinski definition) is 9. The number of carbonyl (C=O) groups excluding carboxylic acids is 3. The van der Waals surface area contributed by atoms with Crippen LogP contribution in [0.15, 0.2) is 29.0 Å². The third-order valence-corrected chi connectivity index (χ3v) is 6.87. The number of aryl methyl sites for hydroxylation is 1. The number of rotatable bonds is 7. The van der Waals surface area contributed by atoms with E-state index in [0.717, 1.165) is 15.8 Å². The molecule has 4 aromatic rings. The van der Waals surface area contributed by atoms with Crippen molar-refractivity contribution >= 4 is 55.8 Å². The summed E-state index contributed by atoms with van der Waals surface area (Å²) < 4.78 is 14.0. The van der Waals surface area contributed by atoms with Gasteiger partial charge in [-0.2, -0.15) is 10.2 Å². The maximum atomic E-state index is 13.1. The first-order valence-corrected chi connectivity index (χ1v) is 12.2. The molecule has 1 amide bonds. The molecule has 0 radical (unpaired) electrons. The largest absolute Gasteiger partial charge is 0.465 e. The van der Waals surface area contributed by atoms with Crippen molar-refractivity contribution < 1.29 is 23.9 Å². The summed E-state index contributed by atoms with van der Waals surface area (Å²) in [5.74, 6) is -1.85. The Bertz CT molecular complexity index is 1460. The summed E-state index contributed by atoms with van der Waals surface area (Å²) in [6.45, 7) is 6.12. The topological polar surface area (TPSA) is 130 Å². The number of carbonyl (C=O) groups is 3. The Labute approximate surface area is 212 Å². The van der Waals surface area contributed by atoms with Crippen LogP contribution in [-0.4, -0.2) is 55.9 Å². The van der Waals surface area contributed by atoms with Crippen molar-refractivity contribution in [3.05, 3.63) is 50.7 Å². The molecule has 182 valence electrons. The van der Waals surface area contributed by atoms with Crippen LogP contribution in [0.3, 0.4) is 0 Å². The van der Waals surface area contributed by atoms with E-state index < -0.39 is 17.8 Å². The number of esters is 2. The number of aromatic nitrogens is 5. The fraction of sp³-hybridized carbons (Fsp3) is 0.273. The predicted octanol–water partition coefficient (Wildman–Crippen LogP) is 3.96. The quantitative estimate of drug-likeness (QED) is 0.336. The number of thiophene rings is 1. The van der Waals surface area contributed by atoms with E-state index in [1.165, 1.54) is 17.7 Å². The minimum Gasteiger partial charge on any atom is -0.465 e. The monoisotopic (exact) mass is 560 g/mol. The molecule has 0 saturated heterocycles. The van der Waals surface area contributed by atoms with Crippen molar-refractivity contribution in [3.8, 4) is 11.4 Å². The number of ether oxygens (including phenoxy) is 2. The number of anilines is 1. The van der Waals surface area contributed by atoms with E-state index in [0.29, 0.717) is 29.1 Å². The van der Waals surface area contributed by atoms with Gasteiger partial charge in [-0.05, 0) is 48.3 Å². The van der Waals surface area contributed by atoms with Crippen LogP contribution in [0.25, 0.3) is 17.0 Å². The third kappa shape index (κ3) is 4.56. The SMILES string of the molecule is CCOC(=O)c1sc(NC(=O)c2cc3nccc(-c4nn(CC)cc4Br)n3n2)c(C(=O)OC)c1C. The zero-order chi connectivity index (χ0) is 25.3. The lowest BCUT2D eigenvalue weighted by Gasteiger charge is -2.04. The van der Waals surface area contributed by atoms with Crippen LogP contribution in [0.2, 0.25) is 0 Å². The van der Waals surface area contributed by atoms with Gasteiger partial charge in [-0.15, -0.1) is 11.3 Å². The number of halogens is 1. The fourth-order valence-corrected chi connectivity index (χ4v) is 5.03. The van der Waals surface area contributed by atoms with Crippen LogP contribution in [0.4, 0.5) is 5.00 Å². The van der Waals surface area contributed by atoms with Gasteiger partial charge in [0.2, 0.25) is 0 Å². The van der Waals surface area contributed by atoms with E-state index in [2.05, 4.69) is 36.4 Å². The number of methoxy groups -OCH3 is 1. The molecule has 0 spiro atoms. The van der Waals surface area contributed by atoms with Crippen molar-refractivity contribution in [2.75, 3.05) is 19.0 Å². The Balaban J connectivity index is 1.72.